The number of ether oxygens (including phenoxy) is 1. The van der Waals surface area contributed by atoms with E-state index in [2.05, 4.69) is 12.6 Å². The molecular formula is C21H38N2O6S2. The van der Waals surface area contributed by atoms with E-state index in [0.29, 0.717) is 5.54 Å². The van der Waals surface area contributed by atoms with Crippen molar-refractivity contribution in [1.82, 2.24) is 4.31 Å². The predicted octanol–water partition coefficient (Wildman–Crippen LogP) is 2.13. The van der Waals surface area contributed by atoms with Crippen molar-refractivity contribution in [2.24, 2.45) is 29.4 Å². The van der Waals surface area contributed by atoms with Gasteiger partial charge in [0.2, 0.25) is 16.1 Å². The highest BCUT2D eigenvalue weighted by Gasteiger charge is 2.48. The van der Waals surface area contributed by atoms with E-state index in [1.54, 1.807) is 20.8 Å². The summed E-state index contributed by atoms with van der Waals surface area (Å²) in [7, 11) is -3.59. The van der Waals surface area contributed by atoms with Gasteiger partial charge in [0.05, 0.1) is 18.7 Å². The van der Waals surface area contributed by atoms with Gasteiger partial charge in [0.1, 0.15) is 0 Å². The van der Waals surface area contributed by atoms with Gasteiger partial charge in [-0.05, 0) is 70.1 Å². The van der Waals surface area contributed by atoms with Crippen LogP contribution < -0.4 is 5.73 Å². The molecule has 31 heavy (non-hydrogen) atoms. The number of thiol groups is 1. The smallest absolute Gasteiger partial charge is 0.346 e. The molecular weight excluding hydrogens is 440 g/mol. The number of carboxylic acid groups (broad SMARTS) is 1. The van der Waals surface area contributed by atoms with E-state index < -0.39 is 46.6 Å². The summed E-state index contributed by atoms with van der Waals surface area (Å²) in [6.07, 6.45) is 8.01. The Hall–Kier alpha value is -0.840. The molecule has 0 radical (unpaired) electrons. The molecule has 4 bridgehead atoms. The molecule has 0 amide bonds. The summed E-state index contributed by atoms with van der Waals surface area (Å²) in [5.41, 5.74) is 6.62. The van der Waals surface area contributed by atoms with Crippen LogP contribution in [0.5, 0.6) is 0 Å². The molecule has 4 fully saturated rings. The number of carbonyl (C=O) groups is 2. The number of aliphatic carboxylic acids is 1. The average Bonchev–Trinajstić information content (AvgIpc) is 2.61. The Morgan fingerprint density at radius 1 is 1.13 bits per heavy atom. The van der Waals surface area contributed by atoms with Gasteiger partial charge in [-0.1, -0.05) is 6.92 Å². The Balaban J connectivity index is 0.000000254. The second kappa shape index (κ2) is 10.4. The van der Waals surface area contributed by atoms with Gasteiger partial charge in [-0.15, -0.1) is 0 Å². The van der Waals surface area contributed by atoms with E-state index in [0.717, 1.165) is 28.3 Å². The number of hydrogen-bond acceptors (Lipinski definition) is 7. The number of sulfonamides is 1. The minimum absolute atomic E-state index is 0.213. The molecule has 4 aliphatic rings. The Morgan fingerprint density at radius 3 is 1.87 bits per heavy atom. The first-order valence-corrected chi connectivity index (χ1v) is 13.5. The van der Waals surface area contributed by atoms with Crippen LogP contribution >= 0.6 is 12.6 Å². The van der Waals surface area contributed by atoms with Crippen LogP contribution in [0, 0.1) is 23.7 Å². The first kappa shape index (κ1) is 26.4. The highest BCUT2D eigenvalue weighted by atomic mass is 32.2. The van der Waals surface area contributed by atoms with Crippen LogP contribution in [-0.2, 0) is 24.3 Å². The van der Waals surface area contributed by atoms with Gasteiger partial charge >= 0.3 is 11.9 Å². The molecule has 0 heterocycles. The lowest BCUT2D eigenvalue weighted by atomic mass is 9.53. The molecule has 4 aliphatic carbocycles. The van der Waals surface area contributed by atoms with Crippen molar-refractivity contribution in [3.05, 3.63) is 0 Å². The molecule has 0 spiro atoms. The lowest BCUT2D eigenvalue weighted by molar-refractivity contribution is -0.166. The van der Waals surface area contributed by atoms with Crippen molar-refractivity contribution in [3.63, 3.8) is 0 Å². The molecule has 0 unspecified atom stereocenters. The Labute approximate surface area is 191 Å². The third-order valence-electron chi connectivity index (χ3n) is 6.64. The maximum atomic E-state index is 11.6. The Morgan fingerprint density at radius 2 is 1.58 bits per heavy atom. The second-order valence-electron chi connectivity index (χ2n) is 10.1. The van der Waals surface area contributed by atoms with Crippen LogP contribution in [0.1, 0.15) is 59.3 Å². The normalized spacial score (nSPS) is 31.2. The van der Waals surface area contributed by atoms with Gasteiger partial charge in [-0.25, -0.2) is 13.2 Å². The largest absolute Gasteiger partial charge is 0.478 e. The van der Waals surface area contributed by atoms with E-state index >= 15 is 0 Å². The lowest BCUT2D eigenvalue weighted by Gasteiger charge is -2.55. The van der Waals surface area contributed by atoms with Crippen molar-refractivity contribution in [2.45, 2.75) is 77.0 Å². The number of hydrogen-bond donors (Lipinski definition) is 3. The number of carbonyl (C=O) groups excluding carboxylic acids is 1. The van der Waals surface area contributed by atoms with E-state index in [9.17, 15) is 18.0 Å². The lowest BCUT2D eigenvalue weighted by Crippen LogP contribution is -2.55. The third kappa shape index (κ3) is 7.33. The van der Waals surface area contributed by atoms with Crippen LogP contribution in [0.2, 0.25) is 0 Å². The van der Waals surface area contributed by atoms with Gasteiger partial charge in [0.15, 0.2) is 0 Å². The minimum Gasteiger partial charge on any atom is -0.478 e. The summed E-state index contributed by atoms with van der Waals surface area (Å²) >= 11 is 3.92. The van der Waals surface area contributed by atoms with Crippen molar-refractivity contribution in [1.29, 1.82) is 0 Å². The van der Waals surface area contributed by atoms with E-state index in [-0.39, 0.29) is 5.75 Å². The van der Waals surface area contributed by atoms with Gasteiger partial charge in [-0.3, -0.25) is 4.79 Å². The maximum Gasteiger partial charge on any atom is 0.346 e. The fraction of sp³-hybridized carbons (Fsp3) is 0.905. The molecule has 4 rings (SSSR count). The minimum atomic E-state index is -3.59. The van der Waals surface area contributed by atoms with Crippen molar-refractivity contribution in [3.8, 4) is 0 Å². The van der Waals surface area contributed by atoms with Crippen LogP contribution in [0.25, 0.3) is 0 Å². The fourth-order valence-corrected chi connectivity index (χ4v) is 6.89. The molecule has 0 aromatic rings. The summed E-state index contributed by atoms with van der Waals surface area (Å²) < 4.78 is 29.0. The van der Waals surface area contributed by atoms with Gasteiger partial charge in [-0.2, -0.15) is 16.9 Å². The quantitative estimate of drug-likeness (QED) is 0.360. The first-order chi connectivity index (χ1) is 14.2. The van der Waals surface area contributed by atoms with Crippen molar-refractivity contribution < 1.29 is 27.9 Å². The highest BCUT2D eigenvalue weighted by Crippen LogP contribution is 2.54. The molecule has 180 valence electrons. The first-order valence-electron chi connectivity index (χ1n) is 11.0. The van der Waals surface area contributed by atoms with Crippen LogP contribution in [0.3, 0.4) is 0 Å². The van der Waals surface area contributed by atoms with Crippen LogP contribution in [0.4, 0.5) is 0 Å². The topological polar surface area (TPSA) is 127 Å². The summed E-state index contributed by atoms with van der Waals surface area (Å²) in [4.78, 5) is 22.7. The second-order valence-corrected chi connectivity index (χ2v) is 12.4. The number of carboxylic acids is 1. The fourth-order valence-electron chi connectivity index (χ4n) is 5.57. The Bertz CT molecular complexity index is 720. The van der Waals surface area contributed by atoms with E-state index in [4.69, 9.17) is 15.6 Å². The standard InChI is InChI=1S/C11H21NO6S2.C10H17N/c1-7(2)12(20(4,16)17)5-9(10(13)14)18-11(15)8(3)6-19;11-10-4-7-1-8(5-10)3-9(2-7)6-10/h7-9,19H,5-6H2,1-4H3,(H,13,14);7-9H,1-6,11H2/t8-,9+;/m1./s1. The average molecular weight is 479 g/mol. The van der Waals surface area contributed by atoms with Crippen LogP contribution in [0.15, 0.2) is 0 Å². The monoisotopic (exact) mass is 478 g/mol. The number of esters is 1. The molecule has 2 atom stereocenters. The molecule has 4 saturated carbocycles. The molecule has 10 heteroatoms. The summed E-state index contributed by atoms with van der Waals surface area (Å²) in [5.74, 6) is 0.601. The zero-order valence-corrected chi connectivity index (χ0v) is 20.7. The highest BCUT2D eigenvalue weighted by molar-refractivity contribution is 7.88. The Kier molecular flexibility index (Phi) is 8.86. The molecule has 0 aromatic heterocycles. The molecule has 0 aromatic carbocycles. The van der Waals surface area contributed by atoms with Gasteiger partial charge < -0.3 is 15.6 Å². The number of nitrogens with two attached hydrogens (primary N) is 1. The third-order valence-corrected chi connectivity index (χ3v) is 8.61. The van der Waals surface area contributed by atoms with Gasteiger partial charge in [0, 0.05) is 17.3 Å². The molecule has 8 nitrogen and oxygen atoms in total. The van der Waals surface area contributed by atoms with Crippen molar-refractivity contribution in [2.75, 3.05) is 18.6 Å². The molecule has 0 saturated heterocycles. The zero-order chi connectivity index (χ0) is 23.6. The maximum absolute atomic E-state index is 11.6. The van der Waals surface area contributed by atoms with Crippen molar-refractivity contribution >= 4 is 34.6 Å². The number of nitrogens with zero attached hydrogens (tertiary/aromatic N) is 1. The predicted molar refractivity (Wildman–Crippen MR) is 122 cm³/mol. The summed E-state index contributed by atoms with van der Waals surface area (Å²) in [6, 6.07) is -0.437. The molecule has 3 N–H and O–H groups in total. The van der Waals surface area contributed by atoms with E-state index in [1.807, 2.05) is 0 Å². The van der Waals surface area contributed by atoms with Crippen LogP contribution in [-0.4, -0.2) is 66.0 Å². The zero-order valence-electron chi connectivity index (χ0n) is 19.0. The summed E-state index contributed by atoms with van der Waals surface area (Å²) in [6.45, 7) is 4.35. The van der Waals surface area contributed by atoms with Gasteiger partial charge in [0.25, 0.3) is 0 Å². The van der Waals surface area contributed by atoms with E-state index in [1.165, 1.54) is 38.5 Å². The number of rotatable bonds is 8. The molecule has 0 aliphatic heterocycles. The SMILES string of the molecule is CC(C)N(C[C@H](OC(=O)[C@H](C)CS)C(=O)O)S(C)(=O)=O.NC12CC3CC(CC(C3)C1)C2. The summed E-state index contributed by atoms with van der Waals surface area (Å²) in [5, 5.41) is 9.06.